The Kier molecular flexibility index (Phi) is 3.70. The molecule has 5 heteroatoms. The lowest BCUT2D eigenvalue weighted by Gasteiger charge is -2.26. The van der Waals surface area contributed by atoms with Gasteiger partial charge in [-0.1, -0.05) is 20.3 Å². The van der Waals surface area contributed by atoms with Crippen LogP contribution in [0.15, 0.2) is 18.2 Å². The molecule has 0 bridgehead atoms. The number of anilines is 1. The van der Waals surface area contributed by atoms with E-state index in [0.717, 1.165) is 25.3 Å². The van der Waals surface area contributed by atoms with Gasteiger partial charge in [0.1, 0.15) is 5.75 Å². The van der Waals surface area contributed by atoms with Gasteiger partial charge in [-0.05, 0) is 36.5 Å². The average molecular weight is 277 g/mol. The van der Waals surface area contributed by atoms with Crippen LogP contribution in [0, 0.1) is 11.3 Å². The number of phenolic OH excluding ortho intramolecular Hbond substituents is 1. The smallest absolute Gasteiger partial charge is 0.335 e. The minimum Gasteiger partial charge on any atom is -0.506 e. The Hall–Kier alpha value is -2.04. The number of aromatic hydroxyl groups is 1. The topological polar surface area (TPSA) is 86.6 Å². The number of carboxylic acid groups (broad SMARTS) is 1. The summed E-state index contributed by atoms with van der Waals surface area (Å²) in [5, 5.41) is 21.3. The fraction of sp³-hybridized carbons (Fsp3) is 0.467. The summed E-state index contributed by atoms with van der Waals surface area (Å²) in [6.45, 7) is 4.13. The zero-order valence-electron chi connectivity index (χ0n) is 11.6. The zero-order valence-corrected chi connectivity index (χ0v) is 11.6. The largest absolute Gasteiger partial charge is 0.506 e. The quantitative estimate of drug-likeness (QED) is 0.741. The fourth-order valence-corrected chi connectivity index (χ4v) is 2.80. The Balaban J connectivity index is 2.14. The third kappa shape index (κ3) is 2.76. The summed E-state index contributed by atoms with van der Waals surface area (Å²) >= 11 is 0. The SMILES string of the molecule is CC1(C)CCCC1C(=O)Nc1ccc(C(=O)O)cc1O. The van der Waals surface area contributed by atoms with E-state index in [2.05, 4.69) is 19.2 Å². The summed E-state index contributed by atoms with van der Waals surface area (Å²) < 4.78 is 0. The first-order valence-corrected chi connectivity index (χ1v) is 6.68. The van der Waals surface area contributed by atoms with Gasteiger partial charge >= 0.3 is 5.97 Å². The maximum absolute atomic E-state index is 12.3. The van der Waals surface area contributed by atoms with Gasteiger partial charge in [-0.25, -0.2) is 4.79 Å². The monoisotopic (exact) mass is 277 g/mol. The van der Waals surface area contributed by atoms with Crippen LogP contribution in [0.25, 0.3) is 0 Å². The van der Waals surface area contributed by atoms with Crippen molar-refractivity contribution in [2.75, 3.05) is 5.32 Å². The molecule has 0 spiro atoms. The lowest BCUT2D eigenvalue weighted by atomic mass is 9.81. The molecule has 1 aliphatic carbocycles. The van der Waals surface area contributed by atoms with E-state index in [-0.39, 0.29) is 34.2 Å². The van der Waals surface area contributed by atoms with Gasteiger partial charge in [-0.2, -0.15) is 0 Å². The number of nitrogens with one attached hydrogen (secondary N) is 1. The lowest BCUT2D eigenvalue weighted by Crippen LogP contribution is -2.30. The Morgan fingerprint density at radius 1 is 1.35 bits per heavy atom. The number of amides is 1. The highest BCUT2D eigenvalue weighted by atomic mass is 16.4. The van der Waals surface area contributed by atoms with Crippen molar-refractivity contribution in [1.29, 1.82) is 0 Å². The number of rotatable bonds is 3. The van der Waals surface area contributed by atoms with Crippen LogP contribution in [0.1, 0.15) is 43.5 Å². The average Bonchev–Trinajstić information content (AvgIpc) is 2.71. The third-order valence-electron chi connectivity index (χ3n) is 4.08. The normalized spacial score (nSPS) is 20.6. The fourth-order valence-electron chi connectivity index (χ4n) is 2.80. The number of carbonyl (C=O) groups is 2. The number of hydrogen-bond acceptors (Lipinski definition) is 3. The predicted octanol–water partition coefficient (Wildman–Crippen LogP) is 2.86. The molecule has 2 rings (SSSR count). The summed E-state index contributed by atoms with van der Waals surface area (Å²) in [5.41, 5.74) is 0.199. The lowest BCUT2D eigenvalue weighted by molar-refractivity contribution is -0.122. The second-order valence-corrected chi connectivity index (χ2v) is 5.96. The van der Waals surface area contributed by atoms with Crippen LogP contribution < -0.4 is 5.32 Å². The van der Waals surface area contributed by atoms with Gasteiger partial charge in [0.05, 0.1) is 11.3 Å². The number of phenols is 1. The van der Waals surface area contributed by atoms with Crippen LogP contribution in [-0.4, -0.2) is 22.1 Å². The molecule has 0 aliphatic heterocycles. The molecule has 1 unspecified atom stereocenters. The van der Waals surface area contributed by atoms with Gasteiger partial charge in [0.15, 0.2) is 0 Å². The maximum atomic E-state index is 12.3. The molecule has 1 atom stereocenters. The van der Waals surface area contributed by atoms with E-state index < -0.39 is 5.97 Å². The van der Waals surface area contributed by atoms with E-state index in [1.54, 1.807) is 0 Å². The zero-order chi connectivity index (χ0) is 14.9. The van der Waals surface area contributed by atoms with Gasteiger partial charge in [-0.3, -0.25) is 4.79 Å². The molecule has 3 N–H and O–H groups in total. The van der Waals surface area contributed by atoms with Gasteiger partial charge in [-0.15, -0.1) is 0 Å². The summed E-state index contributed by atoms with van der Waals surface area (Å²) in [6.07, 6.45) is 2.87. The highest BCUT2D eigenvalue weighted by molar-refractivity contribution is 5.96. The molecule has 20 heavy (non-hydrogen) atoms. The molecule has 0 aromatic heterocycles. The molecule has 108 valence electrons. The first-order valence-electron chi connectivity index (χ1n) is 6.68. The minimum atomic E-state index is -1.12. The molecule has 5 nitrogen and oxygen atoms in total. The van der Waals surface area contributed by atoms with E-state index in [1.807, 2.05) is 0 Å². The first kappa shape index (κ1) is 14.4. The molecular weight excluding hydrogens is 258 g/mol. The van der Waals surface area contributed by atoms with Crippen LogP contribution in [0.4, 0.5) is 5.69 Å². The van der Waals surface area contributed by atoms with Crippen molar-refractivity contribution in [3.8, 4) is 5.75 Å². The van der Waals surface area contributed by atoms with Crippen LogP contribution in [0.3, 0.4) is 0 Å². The molecule has 1 saturated carbocycles. The van der Waals surface area contributed by atoms with E-state index in [4.69, 9.17) is 5.11 Å². The van der Waals surface area contributed by atoms with Crippen LogP contribution in [-0.2, 0) is 4.79 Å². The Bertz CT molecular complexity index is 551. The number of aromatic carboxylic acids is 1. The van der Waals surface area contributed by atoms with E-state index in [1.165, 1.54) is 12.1 Å². The van der Waals surface area contributed by atoms with Crippen molar-refractivity contribution in [2.24, 2.45) is 11.3 Å². The molecule has 0 heterocycles. The summed E-state index contributed by atoms with van der Waals surface area (Å²) in [5.74, 6) is -1.55. The molecule has 1 aromatic rings. The Morgan fingerprint density at radius 2 is 2.05 bits per heavy atom. The second kappa shape index (κ2) is 5.15. The highest BCUT2D eigenvalue weighted by Crippen LogP contribution is 2.43. The van der Waals surface area contributed by atoms with Gasteiger partial charge < -0.3 is 15.5 Å². The first-order chi connectivity index (χ1) is 9.31. The molecule has 1 aromatic carbocycles. The van der Waals surface area contributed by atoms with E-state index in [9.17, 15) is 14.7 Å². The van der Waals surface area contributed by atoms with E-state index in [0.29, 0.717) is 0 Å². The van der Waals surface area contributed by atoms with Crippen molar-refractivity contribution >= 4 is 17.6 Å². The molecule has 0 saturated heterocycles. The van der Waals surface area contributed by atoms with E-state index >= 15 is 0 Å². The number of carboxylic acids is 1. The molecule has 1 amide bonds. The second-order valence-electron chi connectivity index (χ2n) is 5.96. The highest BCUT2D eigenvalue weighted by Gasteiger charge is 2.39. The molecule has 1 aliphatic rings. The summed E-state index contributed by atoms with van der Waals surface area (Å²) in [6, 6.07) is 3.91. The molecule has 0 radical (unpaired) electrons. The predicted molar refractivity (Wildman–Crippen MR) is 74.8 cm³/mol. The summed E-state index contributed by atoms with van der Waals surface area (Å²) in [7, 11) is 0. The van der Waals surface area contributed by atoms with Crippen LogP contribution in [0.5, 0.6) is 5.75 Å². The summed E-state index contributed by atoms with van der Waals surface area (Å²) in [4.78, 5) is 23.0. The third-order valence-corrected chi connectivity index (χ3v) is 4.08. The van der Waals surface area contributed by atoms with Crippen molar-refractivity contribution < 1.29 is 19.8 Å². The minimum absolute atomic E-state index is 0.0123. The molecule has 1 fully saturated rings. The standard InChI is InChI=1S/C15H19NO4/c1-15(2)7-3-4-10(15)13(18)16-11-6-5-9(14(19)20)8-12(11)17/h5-6,8,10,17H,3-4,7H2,1-2H3,(H,16,18)(H,19,20). The van der Waals surface area contributed by atoms with Crippen molar-refractivity contribution in [3.05, 3.63) is 23.8 Å². The van der Waals surface area contributed by atoms with Gasteiger partial charge in [0.25, 0.3) is 0 Å². The Labute approximate surface area is 117 Å². The van der Waals surface area contributed by atoms with Crippen LogP contribution in [0.2, 0.25) is 0 Å². The number of hydrogen-bond donors (Lipinski definition) is 3. The number of carbonyl (C=O) groups excluding carboxylic acids is 1. The maximum Gasteiger partial charge on any atom is 0.335 e. The van der Waals surface area contributed by atoms with Crippen molar-refractivity contribution in [2.45, 2.75) is 33.1 Å². The Morgan fingerprint density at radius 3 is 2.55 bits per heavy atom. The van der Waals surface area contributed by atoms with Gasteiger partial charge in [0.2, 0.25) is 5.91 Å². The van der Waals surface area contributed by atoms with Crippen LogP contribution >= 0.6 is 0 Å². The van der Waals surface area contributed by atoms with Gasteiger partial charge in [0, 0.05) is 5.92 Å². The van der Waals surface area contributed by atoms with Crippen molar-refractivity contribution in [1.82, 2.24) is 0 Å². The molecular formula is C15H19NO4. The van der Waals surface area contributed by atoms with Crippen molar-refractivity contribution in [3.63, 3.8) is 0 Å². The number of benzene rings is 1.